The number of carbonyl (C=O) groups excluding carboxylic acids is 12. The maximum atomic E-state index is 12.8. The van der Waals surface area contributed by atoms with Crippen LogP contribution in [0.1, 0.15) is 101 Å². The lowest BCUT2D eigenvalue weighted by atomic mass is 9.97. The molecule has 0 unspecified atom stereocenters. The first kappa shape index (κ1) is 69.8. The van der Waals surface area contributed by atoms with Gasteiger partial charge in [0.15, 0.2) is 61.2 Å². The molecule has 32 nitrogen and oxygen atoms in total. The van der Waals surface area contributed by atoms with Crippen molar-refractivity contribution in [3.05, 3.63) is 11.4 Å². The highest BCUT2D eigenvalue weighted by molar-refractivity contribution is 8.00. The van der Waals surface area contributed by atoms with Crippen molar-refractivity contribution in [1.29, 1.82) is 0 Å². The Kier molecular flexibility index (Phi) is 28.0. The molecule has 1 aromatic heterocycles. The van der Waals surface area contributed by atoms with Crippen LogP contribution in [0.2, 0.25) is 0 Å². The molecule has 0 N–H and O–H groups in total. The van der Waals surface area contributed by atoms with Crippen LogP contribution in [0.3, 0.4) is 0 Å². The molecule has 470 valence electrons. The molecular weight excluding hydrogens is 1170 g/mol. The van der Waals surface area contributed by atoms with Gasteiger partial charge in [0, 0.05) is 94.6 Å². The molecule has 3 fully saturated rings. The Labute approximate surface area is 489 Å². The van der Waals surface area contributed by atoms with Crippen molar-refractivity contribution in [2.24, 2.45) is 0 Å². The first-order valence-electron chi connectivity index (χ1n) is 25.8. The highest BCUT2D eigenvalue weighted by atomic mass is 32.2. The fourth-order valence-corrected chi connectivity index (χ4v) is 10.8. The van der Waals surface area contributed by atoms with E-state index in [0.717, 1.165) is 111 Å². The van der Waals surface area contributed by atoms with E-state index >= 15 is 0 Å². The van der Waals surface area contributed by atoms with Crippen LogP contribution in [0.4, 0.5) is 0 Å². The normalized spacial score (nSPS) is 27.3. The maximum Gasteiger partial charge on any atom is 0.303 e. The molecule has 0 saturated carbocycles. The molecule has 3 aliphatic heterocycles. The molecule has 0 bridgehead atoms. The van der Waals surface area contributed by atoms with E-state index in [9.17, 15) is 57.5 Å². The van der Waals surface area contributed by atoms with Gasteiger partial charge in [-0.1, -0.05) is 5.21 Å². The van der Waals surface area contributed by atoms with E-state index in [-0.39, 0.29) is 42.7 Å². The third-order valence-electron chi connectivity index (χ3n) is 11.5. The summed E-state index contributed by atoms with van der Waals surface area (Å²) in [7, 11) is 0. The Bertz CT molecular complexity index is 2510. The molecule has 34 heteroatoms. The summed E-state index contributed by atoms with van der Waals surface area (Å²) in [4.78, 5) is 148. The second kappa shape index (κ2) is 33.7. The van der Waals surface area contributed by atoms with Crippen molar-refractivity contribution in [3.8, 4) is 0 Å². The number of nitrogens with zero attached hydrogens (tertiary/aromatic N) is 3. The van der Waals surface area contributed by atoms with Crippen molar-refractivity contribution < 1.29 is 138 Å². The van der Waals surface area contributed by atoms with Crippen molar-refractivity contribution in [3.63, 3.8) is 0 Å². The van der Waals surface area contributed by atoms with Crippen LogP contribution in [0, 0.1) is 0 Å². The number of hydrogen-bond donors (Lipinski definition) is 0. The average molecular weight is 1240 g/mol. The lowest BCUT2D eigenvalue weighted by Crippen LogP contribution is -2.61. The van der Waals surface area contributed by atoms with Crippen LogP contribution in [0.5, 0.6) is 0 Å². The fourth-order valence-electron chi connectivity index (χ4n) is 8.64. The summed E-state index contributed by atoms with van der Waals surface area (Å²) in [5.41, 5.74) is -2.19. The fraction of sp³-hybridized carbons (Fsp3) is 0.720. The van der Waals surface area contributed by atoms with Gasteiger partial charge >= 0.3 is 71.6 Å². The zero-order valence-corrected chi connectivity index (χ0v) is 49.7. The van der Waals surface area contributed by atoms with Gasteiger partial charge < -0.3 is 80.5 Å². The molecule has 4 heterocycles. The van der Waals surface area contributed by atoms with Crippen LogP contribution in [-0.4, -0.2) is 215 Å². The van der Waals surface area contributed by atoms with E-state index in [2.05, 4.69) is 10.3 Å². The zero-order chi connectivity index (χ0) is 62.5. The van der Waals surface area contributed by atoms with Crippen LogP contribution in [0.25, 0.3) is 0 Å². The van der Waals surface area contributed by atoms with E-state index in [4.69, 9.17) is 80.5 Å². The molecule has 0 amide bonds. The van der Waals surface area contributed by atoms with Crippen molar-refractivity contribution in [1.82, 2.24) is 15.0 Å². The monoisotopic (exact) mass is 1240 g/mol. The van der Waals surface area contributed by atoms with E-state index in [1.165, 1.54) is 0 Å². The Morgan fingerprint density at radius 1 is 0.381 bits per heavy atom. The Morgan fingerprint density at radius 3 is 1.02 bits per heavy atom. The van der Waals surface area contributed by atoms with Gasteiger partial charge in [-0.25, -0.2) is 4.68 Å². The summed E-state index contributed by atoms with van der Waals surface area (Å²) in [5.74, 6) is -9.76. The van der Waals surface area contributed by atoms with Gasteiger partial charge in [0.1, 0.15) is 54.7 Å². The van der Waals surface area contributed by atoms with Gasteiger partial charge in [-0.05, 0) is 0 Å². The molecular formula is C50H69N3O29S2. The van der Waals surface area contributed by atoms with E-state index in [1.807, 2.05) is 0 Å². The summed E-state index contributed by atoms with van der Waals surface area (Å²) >= 11 is 2.02. The molecule has 3 saturated heterocycles. The minimum Gasteiger partial charge on any atom is -0.463 e. The molecule has 0 spiro atoms. The van der Waals surface area contributed by atoms with Crippen LogP contribution in [0.15, 0.2) is 0 Å². The third-order valence-corrected chi connectivity index (χ3v) is 13.7. The van der Waals surface area contributed by atoms with E-state index < -0.39 is 188 Å². The molecule has 0 aromatic carbocycles. The first-order valence-corrected chi connectivity index (χ1v) is 27.9. The highest BCUT2D eigenvalue weighted by Crippen LogP contribution is 2.38. The molecule has 0 radical (unpaired) electrons. The number of hydrogen-bond acceptors (Lipinski definition) is 33. The summed E-state index contributed by atoms with van der Waals surface area (Å²) < 4.78 is 97.6. The molecule has 3 aliphatic rings. The largest absolute Gasteiger partial charge is 0.463 e. The molecule has 4 rings (SSSR count). The van der Waals surface area contributed by atoms with Gasteiger partial charge in [0.05, 0.1) is 32.1 Å². The molecule has 15 atom stereocenters. The van der Waals surface area contributed by atoms with Gasteiger partial charge in [-0.3, -0.25) is 57.5 Å². The van der Waals surface area contributed by atoms with Gasteiger partial charge in [-0.2, -0.15) is 0 Å². The number of carbonyl (C=O) groups is 12. The Hall–Kier alpha value is -6.72. The SMILES string of the molecule is CC(=O)OC[C@H]1O[C@@H](SCCOCc2nnn([C@@H]3O[C@H](COC(C)=O)[C@@H](OC(C)=O)[C@H](OC(C)=O)[C@H]3OC(C)=O)c2COCCS[C@@H]2O[C@H](COC(C)=O)[C@H](OC(C)=O)[C@H](OC(C)=O)[C@H]2OC(C)=O)[C@H](OC(C)=O)[C@@H](OC(C)=O)[C@H]1OC(C)=O. The van der Waals surface area contributed by atoms with Crippen LogP contribution in [-0.2, 0) is 151 Å². The van der Waals surface area contributed by atoms with E-state index in [1.54, 1.807) is 0 Å². The first-order chi connectivity index (χ1) is 39.6. The number of aromatic nitrogens is 3. The van der Waals surface area contributed by atoms with Crippen molar-refractivity contribution in [2.75, 3.05) is 44.5 Å². The highest BCUT2D eigenvalue weighted by Gasteiger charge is 2.56. The smallest absolute Gasteiger partial charge is 0.303 e. The van der Waals surface area contributed by atoms with Gasteiger partial charge in [0.2, 0.25) is 0 Å². The molecule has 0 aliphatic carbocycles. The number of rotatable bonds is 28. The van der Waals surface area contributed by atoms with Gasteiger partial charge in [0.25, 0.3) is 0 Å². The molecule has 1 aromatic rings. The summed E-state index contributed by atoms with van der Waals surface area (Å²) in [6.07, 6.45) is -18.7. The standard InChI is InChI=1S/C50H69N3O29S2/c1-22(54)68-19-36-39(71-25(4)57)42(74-28(7)60)45(77-31(10)63)48(80-36)53-35(18-67-14-16-84-50-47(79-33(12)65)44(76-30(9)62)41(73-27(6)59)38(82-50)21-70-24(3)56)34(51-52-53)17-66-13-15-83-49-46(78-32(11)64)43(75-29(8)61)40(72-26(5)58)37(81-49)20-69-23(2)55/h36-50H,13-21H2,1-12H3/t36-,37-,38-,39-,40+,41+,42+,43+,44+,45-,46-,47-,48-,49+,50+/m1/s1. The zero-order valence-electron chi connectivity index (χ0n) is 48.0. The van der Waals surface area contributed by atoms with Crippen LogP contribution < -0.4 is 0 Å². The lowest BCUT2D eigenvalue weighted by Gasteiger charge is -2.44. The maximum absolute atomic E-state index is 12.8. The minimum atomic E-state index is -1.66. The number of esters is 12. The van der Waals surface area contributed by atoms with Crippen molar-refractivity contribution in [2.45, 2.75) is 187 Å². The Balaban J connectivity index is 1.71. The quantitative estimate of drug-likeness (QED) is 0.0614. The predicted octanol–water partition coefficient (Wildman–Crippen LogP) is 0.200. The third kappa shape index (κ3) is 22.0. The number of thioether (sulfide) groups is 2. The predicted molar refractivity (Wildman–Crippen MR) is 275 cm³/mol. The van der Waals surface area contributed by atoms with Gasteiger partial charge in [-0.15, -0.1) is 28.6 Å². The summed E-state index contributed by atoms with van der Waals surface area (Å²) in [6, 6.07) is 0. The summed E-state index contributed by atoms with van der Waals surface area (Å²) in [6.45, 7) is 10.4. The topological polar surface area (TPSA) is 392 Å². The summed E-state index contributed by atoms with van der Waals surface area (Å²) in [5, 5.41) is 8.62. The lowest BCUT2D eigenvalue weighted by molar-refractivity contribution is -0.271. The van der Waals surface area contributed by atoms with Crippen LogP contribution >= 0.6 is 23.5 Å². The second-order valence-electron chi connectivity index (χ2n) is 18.5. The number of ether oxygens (including phenoxy) is 17. The minimum absolute atomic E-state index is 0.0106. The Morgan fingerprint density at radius 2 is 0.679 bits per heavy atom. The molecule has 84 heavy (non-hydrogen) atoms. The average Bonchev–Trinajstić information content (AvgIpc) is 1.71. The second-order valence-corrected chi connectivity index (χ2v) is 20.9. The van der Waals surface area contributed by atoms with E-state index in [0.29, 0.717) is 0 Å². The van der Waals surface area contributed by atoms with Crippen molar-refractivity contribution >= 4 is 95.2 Å².